The monoisotopic (exact) mass is 390 g/mol. The molecule has 0 spiro atoms. The van der Waals surface area contributed by atoms with Gasteiger partial charge in [-0.3, -0.25) is 20.8 Å². The molecule has 2 aliphatic rings. The van der Waals surface area contributed by atoms with Gasteiger partial charge in [0, 0.05) is 0 Å². The van der Waals surface area contributed by atoms with Crippen LogP contribution >= 0.6 is 0 Å². The van der Waals surface area contributed by atoms with Crippen molar-refractivity contribution in [3.63, 3.8) is 0 Å². The van der Waals surface area contributed by atoms with E-state index in [0.29, 0.717) is 0 Å². The van der Waals surface area contributed by atoms with Gasteiger partial charge < -0.3 is 0 Å². The van der Waals surface area contributed by atoms with Crippen LogP contribution in [0.15, 0.2) is 43.5 Å². The number of aliphatic imine (C=N–C) groups is 4. The van der Waals surface area contributed by atoms with Crippen LogP contribution in [0.25, 0.3) is 0 Å². The number of hydrogen-bond donors (Lipinski definition) is 2. The second-order valence-corrected chi connectivity index (χ2v) is 5.38. The van der Waals surface area contributed by atoms with E-state index in [0.717, 1.165) is 0 Å². The number of nitrogens with one attached hydrogen (secondary N) is 2. The first-order valence-electron chi connectivity index (χ1n) is 7.78. The average molecular weight is 390 g/mol. The lowest BCUT2D eigenvalue weighted by Crippen LogP contribution is -2.32. The fourth-order valence-corrected chi connectivity index (χ4v) is 2.31. The largest absolute Gasteiger partial charge is 0.288 e. The van der Waals surface area contributed by atoms with Gasteiger partial charge in [-0.25, -0.2) is 9.98 Å². The van der Waals surface area contributed by atoms with Gasteiger partial charge in [-0.1, -0.05) is 0 Å². The second-order valence-electron chi connectivity index (χ2n) is 5.38. The van der Waals surface area contributed by atoms with E-state index < -0.39 is 34.9 Å². The van der Waals surface area contributed by atoms with E-state index in [9.17, 15) is 0 Å². The molecule has 0 fully saturated rings. The average Bonchev–Trinajstić information content (AvgIpc) is 2.78. The molecule has 0 aromatic carbocycles. The van der Waals surface area contributed by atoms with E-state index in [1.165, 1.54) is 24.3 Å². The Kier molecular flexibility index (Phi) is 6.15. The van der Waals surface area contributed by atoms with E-state index in [1.807, 2.05) is 0 Å². The molecule has 0 saturated heterocycles. The van der Waals surface area contributed by atoms with E-state index in [-0.39, 0.29) is 22.8 Å². The molecule has 2 rings (SSSR count). The molecule has 138 valence electrons. The zero-order valence-corrected chi connectivity index (χ0v) is 14.8. The van der Waals surface area contributed by atoms with Crippen molar-refractivity contribution in [3.05, 3.63) is 23.5 Å². The Morgan fingerprint density at radius 1 is 0.700 bits per heavy atom. The lowest BCUT2D eigenvalue weighted by atomic mass is 9.97. The van der Waals surface area contributed by atoms with Crippen LogP contribution in [0, 0.1) is 78.8 Å². The van der Waals surface area contributed by atoms with E-state index in [4.69, 9.17) is 42.4 Å². The Morgan fingerprint density at radius 3 is 1.33 bits per heavy atom. The van der Waals surface area contributed by atoms with Gasteiger partial charge in [0.05, 0.1) is 23.5 Å². The molecule has 30 heavy (non-hydrogen) atoms. The Hall–Kier alpha value is -5.56. The van der Waals surface area contributed by atoms with Gasteiger partial charge in [-0.2, -0.15) is 31.6 Å². The van der Waals surface area contributed by atoms with Crippen LogP contribution in [0.1, 0.15) is 0 Å². The summed E-state index contributed by atoms with van der Waals surface area (Å²) in [7, 11) is 0. The lowest BCUT2D eigenvalue weighted by Gasteiger charge is -2.24. The van der Waals surface area contributed by atoms with Gasteiger partial charge in [-0.15, -0.1) is 0 Å². The Balaban J connectivity index is 2.72. The summed E-state index contributed by atoms with van der Waals surface area (Å²) >= 11 is 0. The summed E-state index contributed by atoms with van der Waals surface area (Å²) in [5.74, 6) is 0. The van der Waals surface area contributed by atoms with Gasteiger partial charge in [0.2, 0.25) is 0 Å². The highest BCUT2D eigenvalue weighted by molar-refractivity contribution is 6.54. The first-order valence-corrected chi connectivity index (χ1v) is 7.78. The molecule has 12 heteroatoms. The minimum atomic E-state index is -0.799. The van der Waals surface area contributed by atoms with Crippen LogP contribution < -0.4 is 0 Å². The molecule has 1 aliphatic carbocycles. The summed E-state index contributed by atoms with van der Waals surface area (Å²) in [6.45, 7) is 0. The molecule has 12 nitrogen and oxygen atoms in total. The van der Waals surface area contributed by atoms with Crippen molar-refractivity contribution < 1.29 is 0 Å². The highest BCUT2D eigenvalue weighted by atomic mass is 15.0. The Labute approximate surface area is 169 Å². The molecular formula is C18H6N12. The summed E-state index contributed by atoms with van der Waals surface area (Å²) in [6.07, 6.45) is 2.68. The standard InChI is InChI=1S/C18H6N12/c19-3-9(25)15(5-21)27-11-1-13-14(30-18(8-24)17(7-23)29-13)2-12(11)28-16(6-22)10(26)4-20/h1-2,13-14,25-26H. The van der Waals surface area contributed by atoms with Crippen molar-refractivity contribution in [2.24, 2.45) is 20.0 Å². The van der Waals surface area contributed by atoms with Crippen LogP contribution in [0.4, 0.5) is 0 Å². The number of rotatable bonds is 4. The van der Waals surface area contributed by atoms with Crippen molar-refractivity contribution in [1.29, 1.82) is 42.4 Å². The molecule has 0 saturated carbocycles. The molecule has 0 amide bonds. The Bertz CT molecular complexity index is 1190. The summed E-state index contributed by atoms with van der Waals surface area (Å²) in [5.41, 5.74) is -3.09. The van der Waals surface area contributed by atoms with Gasteiger partial charge in [-0.05, 0) is 12.2 Å². The molecule has 2 atom stereocenters. The smallest absolute Gasteiger partial charge is 0.176 e. The number of fused-ring (bicyclic) bond motifs is 1. The second kappa shape index (κ2) is 8.89. The maximum Gasteiger partial charge on any atom is 0.176 e. The third-order valence-corrected chi connectivity index (χ3v) is 3.64. The predicted molar refractivity (Wildman–Crippen MR) is 103 cm³/mol. The molecule has 1 aliphatic heterocycles. The third kappa shape index (κ3) is 4.05. The third-order valence-electron chi connectivity index (χ3n) is 3.64. The van der Waals surface area contributed by atoms with Crippen LogP contribution in [0.5, 0.6) is 0 Å². The number of hydrogen-bond acceptors (Lipinski definition) is 12. The fraction of sp³-hybridized carbons (Fsp3) is 0.111. The fourth-order valence-electron chi connectivity index (χ4n) is 2.31. The van der Waals surface area contributed by atoms with Crippen LogP contribution in [-0.4, -0.2) is 46.4 Å². The SMILES string of the molecule is N#CC(=N)C(C#N)=NC1=CC2N=C(C#N)C(C#N)=NC2C=C1N=C(C#N)C(=N)C#N. The molecule has 0 aromatic heterocycles. The Morgan fingerprint density at radius 2 is 1.07 bits per heavy atom. The van der Waals surface area contributed by atoms with Crippen molar-refractivity contribution in [1.82, 2.24) is 0 Å². The van der Waals surface area contributed by atoms with E-state index in [1.54, 1.807) is 24.3 Å². The maximum atomic E-state index is 9.16. The van der Waals surface area contributed by atoms with Crippen molar-refractivity contribution in [3.8, 4) is 36.4 Å². The van der Waals surface area contributed by atoms with Crippen molar-refractivity contribution >= 4 is 34.3 Å². The van der Waals surface area contributed by atoms with E-state index in [2.05, 4.69) is 20.0 Å². The molecule has 0 aromatic rings. The molecule has 1 heterocycles. The summed E-state index contributed by atoms with van der Waals surface area (Å²) in [6, 6.07) is 8.06. The highest BCUT2D eigenvalue weighted by Crippen LogP contribution is 2.28. The van der Waals surface area contributed by atoms with Gasteiger partial charge in [0.15, 0.2) is 34.3 Å². The number of nitrogens with zero attached hydrogens (tertiary/aromatic N) is 10. The van der Waals surface area contributed by atoms with Gasteiger partial charge >= 0.3 is 0 Å². The van der Waals surface area contributed by atoms with Crippen LogP contribution in [-0.2, 0) is 0 Å². The molecule has 0 radical (unpaired) electrons. The summed E-state index contributed by atoms with van der Waals surface area (Å²) in [5, 5.41) is 69.3. The molecule has 2 unspecified atom stereocenters. The minimum absolute atomic E-state index is 0.0806. The first-order chi connectivity index (χ1) is 14.4. The van der Waals surface area contributed by atoms with Crippen molar-refractivity contribution in [2.45, 2.75) is 12.1 Å². The highest BCUT2D eigenvalue weighted by Gasteiger charge is 2.30. The zero-order valence-electron chi connectivity index (χ0n) is 14.8. The lowest BCUT2D eigenvalue weighted by molar-refractivity contribution is 0.684. The first kappa shape index (κ1) is 20.7. The zero-order chi connectivity index (χ0) is 22.3. The normalized spacial score (nSPS) is 19.9. The van der Waals surface area contributed by atoms with E-state index >= 15 is 0 Å². The molecule has 0 bridgehead atoms. The van der Waals surface area contributed by atoms with Gasteiger partial charge in [0.1, 0.15) is 36.4 Å². The minimum Gasteiger partial charge on any atom is -0.288 e. The topological polar surface area (TPSA) is 240 Å². The predicted octanol–water partition coefficient (Wildman–Crippen LogP) is 0.464. The van der Waals surface area contributed by atoms with Crippen LogP contribution in [0.3, 0.4) is 0 Å². The quantitative estimate of drug-likeness (QED) is 0.645. The van der Waals surface area contributed by atoms with Gasteiger partial charge in [0.25, 0.3) is 0 Å². The van der Waals surface area contributed by atoms with Crippen LogP contribution in [0.2, 0.25) is 0 Å². The van der Waals surface area contributed by atoms with Crippen molar-refractivity contribution in [2.75, 3.05) is 0 Å². The number of nitriles is 6. The molecule has 2 N–H and O–H groups in total. The maximum absolute atomic E-state index is 9.16. The summed E-state index contributed by atoms with van der Waals surface area (Å²) < 4.78 is 0. The summed E-state index contributed by atoms with van der Waals surface area (Å²) in [4.78, 5) is 16.1. The molecular weight excluding hydrogens is 384 g/mol.